The Morgan fingerprint density at radius 3 is 2.56 bits per heavy atom. The highest BCUT2D eigenvalue weighted by molar-refractivity contribution is 6.25. The molecule has 2 heterocycles. The Morgan fingerprint density at radius 2 is 1.85 bits per heavy atom. The van der Waals surface area contributed by atoms with Gasteiger partial charge in [0.05, 0.1) is 23.2 Å². The van der Waals surface area contributed by atoms with E-state index in [1.807, 2.05) is 0 Å². The second kappa shape index (κ2) is 5.30. The summed E-state index contributed by atoms with van der Waals surface area (Å²) < 4.78 is 0. The van der Waals surface area contributed by atoms with Gasteiger partial charge in [-0.1, -0.05) is 24.3 Å². The number of carboxylic acids is 1. The van der Waals surface area contributed by atoms with E-state index in [9.17, 15) is 24.8 Å². The van der Waals surface area contributed by atoms with E-state index in [2.05, 4.69) is 6.07 Å². The van der Waals surface area contributed by atoms with Crippen molar-refractivity contribution >= 4 is 34.4 Å². The van der Waals surface area contributed by atoms with Crippen LogP contribution in [0.15, 0.2) is 36.4 Å². The normalized spacial score (nSPS) is 28.7. The maximum atomic E-state index is 13.2. The lowest BCUT2D eigenvalue weighted by Gasteiger charge is -2.29. The number of hydrogen-bond acceptors (Lipinski definition) is 4. The molecule has 0 aromatic heterocycles. The number of anilines is 1. The Hall–Kier alpha value is -3.40. The fourth-order valence-corrected chi connectivity index (χ4v) is 5.05. The quantitative estimate of drug-likeness (QED) is 0.827. The Bertz CT molecular complexity index is 1070. The van der Waals surface area contributed by atoms with Crippen LogP contribution in [-0.4, -0.2) is 40.0 Å². The summed E-state index contributed by atoms with van der Waals surface area (Å²) in [6, 6.07) is 11.2. The first-order chi connectivity index (χ1) is 13.0. The van der Waals surface area contributed by atoms with Crippen molar-refractivity contribution in [2.45, 2.75) is 24.9 Å². The summed E-state index contributed by atoms with van der Waals surface area (Å²) >= 11 is 0. The van der Waals surface area contributed by atoms with Crippen molar-refractivity contribution in [3.63, 3.8) is 0 Å². The third-order valence-electron chi connectivity index (χ3n) is 6.15. The molecule has 3 fully saturated rings. The van der Waals surface area contributed by atoms with Gasteiger partial charge in [0.25, 0.3) is 5.91 Å². The lowest BCUT2D eigenvalue weighted by atomic mass is 9.88. The molecule has 2 aromatic rings. The van der Waals surface area contributed by atoms with E-state index in [0.717, 1.165) is 4.90 Å². The second-order valence-electron chi connectivity index (χ2n) is 7.33. The van der Waals surface area contributed by atoms with Crippen LogP contribution in [0.3, 0.4) is 0 Å². The van der Waals surface area contributed by atoms with Gasteiger partial charge in [-0.25, -0.2) is 9.69 Å². The predicted molar refractivity (Wildman–Crippen MR) is 94.8 cm³/mol. The molecule has 2 saturated heterocycles. The van der Waals surface area contributed by atoms with Gasteiger partial charge in [-0.2, -0.15) is 5.26 Å². The molecule has 0 radical (unpaired) electrons. The number of carboxylic acid groups (broad SMARTS) is 1. The highest BCUT2D eigenvalue weighted by Gasteiger charge is 2.63. The number of imide groups is 1. The van der Waals surface area contributed by atoms with E-state index >= 15 is 0 Å². The van der Waals surface area contributed by atoms with Crippen LogP contribution >= 0.6 is 0 Å². The molecular weight excluding hydrogens is 346 g/mol. The number of piperidine rings is 1. The first kappa shape index (κ1) is 15.8. The third kappa shape index (κ3) is 1.92. The average Bonchev–Trinajstić information content (AvgIpc) is 3.33. The summed E-state index contributed by atoms with van der Waals surface area (Å²) in [7, 11) is 0. The third-order valence-corrected chi connectivity index (χ3v) is 6.15. The van der Waals surface area contributed by atoms with Crippen LogP contribution in [0.25, 0.3) is 10.8 Å². The lowest BCUT2D eigenvalue weighted by Crippen LogP contribution is -2.45. The standard InChI is InChI=1S/C20H15N3O4/c21-9-10-5-6-16(13-4-2-1-3-12(10)13)23-18(24)17-14-7-11(22(17)20(23)27)8-15(14)19(25)26/h1-6,11,14-15,17H,7-8H2,(H,25,26). The molecule has 7 heteroatoms. The minimum absolute atomic E-state index is 0.202. The smallest absolute Gasteiger partial charge is 0.332 e. The number of amides is 3. The lowest BCUT2D eigenvalue weighted by molar-refractivity contribution is -0.144. The Labute approximate surface area is 154 Å². The van der Waals surface area contributed by atoms with E-state index < -0.39 is 24.0 Å². The number of urea groups is 1. The Balaban J connectivity index is 1.62. The number of aliphatic carboxylic acids is 1. The molecule has 2 aliphatic heterocycles. The summed E-state index contributed by atoms with van der Waals surface area (Å²) in [5.41, 5.74) is 0.917. The number of carbonyl (C=O) groups is 3. The summed E-state index contributed by atoms with van der Waals surface area (Å²) in [4.78, 5) is 40.5. The van der Waals surface area contributed by atoms with Crippen molar-refractivity contribution in [1.29, 1.82) is 5.26 Å². The van der Waals surface area contributed by atoms with Gasteiger partial charge >= 0.3 is 12.0 Å². The molecule has 2 bridgehead atoms. The minimum Gasteiger partial charge on any atom is -0.481 e. The maximum Gasteiger partial charge on any atom is 0.332 e. The van der Waals surface area contributed by atoms with Gasteiger partial charge in [0.1, 0.15) is 6.04 Å². The zero-order valence-electron chi connectivity index (χ0n) is 14.2. The number of benzene rings is 2. The summed E-state index contributed by atoms with van der Waals surface area (Å²) in [5, 5.41) is 20.1. The fraction of sp³-hybridized carbons (Fsp3) is 0.300. The number of nitrogens with zero attached hydrogens (tertiary/aromatic N) is 3. The SMILES string of the molecule is N#Cc1ccc(N2C(=O)C3C4CC(CC4C(=O)O)N3C2=O)c2ccccc12. The van der Waals surface area contributed by atoms with E-state index in [0.29, 0.717) is 34.9 Å². The molecule has 7 nitrogen and oxygen atoms in total. The number of fused-ring (bicyclic) bond motifs is 6. The van der Waals surface area contributed by atoms with Crippen LogP contribution in [0.2, 0.25) is 0 Å². The summed E-state index contributed by atoms with van der Waals surface area (Å²) in [5.74, 6) is -2.18. The van der Waals surface area contributed by atoms with Gasteiger partial charge in [-0.3, -0.25) is 9.59 Å². The minimum atomic E-state index is -0.898. The van der Waals surface area contributed by atoms with Crippen molar-refractivity contribution in [2.24, 2.45) is 11.8 Å². The van der Waals surface area contributed by atoms with Crippen molar-refractivity contribution in [3.8, 4) is 6.07 Å². The molecule has 2 aromatic carbocycles. The van der Waals surface area contributed by atoms with Gasteiger partial charge in [0.15, 0.2) is 0 Å². The fourth-order valence-electron chi connectivity index (χ4n) is 5.05. The first-order valence-corrected chi connectivity index (χ1v) is 8.84. The molecule has 1 saturated carbocycles. The number of nitriles is 1. The van der Waals surface area contributed by atoms with Crippen molar-refractivity contribution in [3.05, 3.63) is 42.0 Å². The van der Waals surface area contributed by atoms with E-state index in [4.69, 9.17) is 0 Å². The molecule has 0 spiro atoms. The van der Waals surface area contributed by atoms with Gasteiger partial charge in [0.2, 0.25) is 0 Å². The molecule has 1 N–H and O–H groups in total. The molecular formula is C20H15N3O4. The maximum absolute atomic E-state index is 13.2. The average molecular weight is 361 g/mol. The van der Waals surface area contributed by atoms with Crippen LogP contribution in [0, 0.1) is 23.2 Å². The van der Waals surface area contributed by atoms with Crippen LogP contribution in [0.5, 0.6) is 0 Å². The number of hydrogen-bond donors (Lipinski definition) is 1. The monoisotopic (exact) mass is 361 g/mol. The zero-order chi connectivity index (χ0) is 18.9. The summed E-state index contributed by atoms with van der Waals surface area (Å²) in [6.07, 6.45) is 0.971. The van der Waals surface area contributed by atoms with Gasteiger partial charge in [-0.05, 0) is 25.0 Å². The second-order valence-corrected chi connectivity index (χ2v) is 7.33. The molecule has 5 rings (SSSR count). The summed E-state index contributed by atoms with van der Waals surface area (Å²) in [6.45, 7) is 0. The van der Waals surface area contributed by atoms with E-state index in [1.54, 1.807) is 41.3 Å². The molecule has 1 aliphatic carbocycles. The van der Waals surface area contributed by atoms with Crippen LogP contribution in [-0.2, 0) is 9.59 Å². The number of rotatable bonds is 2. The molecule has 3 aliphatic rings. The molecule has 27 heavy (non-hydrogen) atoms. The van der Waals surface area contributed by atoms with Gasteiger partial charge in [0, 0.05) is 22.7 Å². The van der Waals surface area contributed by atoms with Crippen LogP contribution < -0.4 is 4.90 Å². The van der Waals surface area contributed by atoms with E-state index in [-0.39, 0.29) is 17.9 Å². The molecule has 4 unspecified atom stereocenters. The topological polar surface area (TPSA) is 102 Å². The van der Waals surface area contributed by atoms with Gasteiger partial charge < -0.3 is 10.0 Å². The number of carbonyl (C=O) groups excluding carboxylic acids is 2. The van der Waals surface area contributed by atoms with Crippen LogP contribution in [0.1, 0.15) is 18.4 Å². The molecule has 4 atom stereocenters. The van der Waals surface area contributed by atoms with Crippen molar-refractivity contribution in [1.82, 2.24) is 4.90 Å². The first-order valence-electron chi connectivity index (χ1n) is 8.84. The van der Waals surface area contributed by atoms with Crippen molar-refractivity contribution in [2.75, 3.05) is 4.90 Å². The molecule has 134 valence electrons. The Morgan fingerprint density at radius 1 is 1.11 bits per heavy atom. The van der Waals surface area contributed by atoms with Gasteiger partial charge in [-0.15, -0.1) is 0 Å². The Kier molecular flexibility index (Phi) is 3.11. The van der Waals surface area contributed by atoms with E-state index in [1.165, 1.54) is 0 Å². The largest absolute Gasteiger partial charge is 0.481 e. The molecule has 3 amide bonds. The zero-order valence-corrected chi connectivity index (χ0v) is 14.2. The highest BCUT2D eigenvalue weighted by atomic mass is 16.4. The van der Waals surface area contributed by atoms with Crippen LogP contribution in [0.4, 0.5) is 10.5 Å². The predicted octanol–water partition coefficient (Wildman–Crippen LogP) is 2.34. The van der Waals surface area contributed by atoms with Crippen molar-refractivity contribution < 1.29 is 19.5 Å². The highest BCUT2D eigenvalue weighted by Crippen LogP contribution is 2.50.